The largest absolute Gasteiger partial charge is 0.383 e. The van der Waals surface area contributed by atoms with E-state index in [4.69, 9.17) is 10.7 Å². The third-order valence-corrected chi connectivity index (χ3v) is 5.26. The molecule has 7 heteroatoms. The van der Waals surface area contributed by atoms with E-state index in [2.05, 4.69) is 31.4 Å². The van der Waals surface area contributed by atoms with Crippen LogP contribution in [0.2, 0.25) is 0 Å². The normalized spacial score (nSPS) is 18.2. The van der Waals surface area contributed by atoms with E-state index in [1.807, 2.05) is 13.1 Å². The smallest absolute Gasteiger partial charge is 0.227 e. The summed E-state index contributed by atoms with van der Waals surface area (Å²) in [6.07, 6.45) is 5.31. The number of fused-ring (bicyclic) bond motifs is 1. The fraction of sp³-hybridized carbons (Fsp3) is 0.588. The van der Waals surface area contributed by atoms with E-state index in [-0.39, 0.29) is 0 Å². The lowest BCUT2D eigenvalue weighted by atomic mass is 10.1. The third kappa shape index (κ3) is 2.73. The molecule has 4 heterocycles. The molecule has 128 valence electrons. The highest BCUT2D eigenvalue weighted by Crippen LogP contribution is 2.26. The molecule has 0 radical (unpaired) electrons. The second-order valence-corrected chi connectivity index (χ2v) is 6.84. The van der Waals surface area contributed by atoms with Crippen LogP contribution < -0.4 is 10.6 Å². The van der Waals surface area contributed by atoms with Crippen LogP contribution in [-0.4, -0.2) is 44.1 Å². The summed E-state index contributed by atoms with van der Waals surface area (Å²) in [4.78, 5) is 18.5. The van der Waals surface area contributed by atoms with Crippen molar-refractivity contribution in [1.29, 1.82) is 0 Å². The molecule has 0 spiro atoms. The highest BCUT2D eigenvalue weighted by molar-refractivity contribution is 5.49. The highest BCUT2D eigenvalue weighted by Gasteiger charge is 2.24. The zero-order valence-corrected chi connectivity index (χ0v) is 14.5. The van der Waals surface area contributed by atoms with Gasteiger partial charge in [0.15, 0.2) is 0 Å². The predicted octanol–water partition coefficient (Wildman–Crippen LogP) is 1.26. The molecular weight excluding hydrogens is 302 g/mol. The first kappa shape index (κ1) is 15.4. The van der Waals surface area contributed by atoms with Gasteiger partial charge in [-0.05, 0) is 26.2 Å². The van der Waals surface area contributed by atoms with Gasteiger partial charge in [-0.2, -0.15) is 4.98 Å². The monoisotopic (exact) mass is 327 g/mol. The SMILES string of the molecule is Cc1ncc(CN2CCc3c(N)nc(N4CCCC4)nc3C2)n1C. The van der Waals surface area contributed by atoms with Crippen LogP contribution in [0.15, 0.2) is 6.20 Å². The van der Waals surface area contributed by atoms with Crippen molar-refractivity contribution in [3.8, 4) is 0 Å². The summed E-state index contributed by atoms with van der Waals surface area (Å²) < 4.78 is 2.15. The van der Waals surface area contributed by atoms with Crippen LogP contribution in [0.3, 0.4) is 0 Å². The molecule has 2 aliphatic heterocycles. The van der Waals surface area contributed by atoms with Crippen LogP contribution in [-0.2, 0) is 26.6 Å². The molecule has 0 amide bonds. The summed E-state index contributed by atoms with van der Waals surface area (Å²) >= 11 is 0. The Morgan fingerprint density at radius 3 is 2.67 bits per heavy atom. The number of imidazole rings is 1. The second kappa shape index (κ2) is 6.05. The molecule has 0 atom stereocenters. The van der Waals surface area contributed by atoms with Crippen molar-refractivity contribution in [3.63, 3.8) is 0 Å². The quantitative estimate of drug-likeness (QED) is 0.915. The molecule has 1 fully saturated rings. The number of rotatable bonds is 3. The van der Waals surface area contributed by atoms with E-state index in [0.717, 1.165) is 62.2 Å². The van der Waals surface area contributed by atoms with Crippen molar-refractivity contribution in [3.05, 3.63) is 29.0 Å². The van der Waals surface area contributed by atoms with Gasteiger partial charge in [0.25, 0.3) is 0 Å². The number of nitrogens with zero attached hydrogens (tertiary/aromatic N) is 6. The zero-order chi connectivity index (χ0) is 16.7. The molecular formula is C17H25N7. The molecule has 2 aromatic heterocycles. The van der Waals surface area contributed by atoms with Crippen molar-refractivity contribution in [2.75, 3.05) is 30.3 Å². The first-order chi connectivity index (χ1) is 11.6. The summed E-state index contributed by atoms with van der Waals surface area (Å²) in [6.45, 7) is 6.80. The van der Waals surface area contributed by atoms with E-state index in [0.29, 0.717) is 5.82 Å². The number of nitrogen functional groups attached to an aromatic ring is 1. The van der Waals surface area contributed by atoms with Gasteiger partial charge in [0, 0.05) is 51.5 Å². The molecule has 2 aliphatic rings. The fourth-order valence-electron chi connectivity index (χ4n) is 3.62. The average molecular weight is 327 g/mol. The molecule has 0 bridgehead atoms. The van der Waals surface area contributed by atoms with E-state index in [9.17, 15) is 0 Å². The molecule has 0 unspecified atom stereocenters. The minimum atomic E-state index is 0.665. The van der Waals surface area contributed by atoms with Gasteiger partial charge in [0.1, 0.15) is 11.6 Å². The Morgan fingerprint density at radius 2 is 1.96 bits per heavy atom. The predicted molar refractivity (Wildman–Crippen MR) is 93.7 cm³/mol. The minimum Gasteiger partial charge on any atom is -0.383 e. The molecule has 1 saturated heterocycles. The lowest BCUT2D eigenvalue weighted by Crippen LogP contribution is -2.33. The van der Waals surface area contributed by atoms with Crippen molar-refractivity contribution < 1.29 is 0 Å². The van der Waals surface area contributed by atoms with Crippen LogP contribution in [0.4, 0.5) is 11.8 Å². The third-order valence-electron chi connectivity index (χ3n) is 5.26. The number of nitrogens with two attached hydrogens (primary N) is 1. The molecule has 4 rings (SSSR count). The second-order valence-electron chi connectivity index (χ2n) is 6.84. The van der Waals surface area contributed by atoms with Gasteiger partial charge >= 0.3 is 0 Å². The summed E-state index contributed by atoms with van der Waals surface area (Å²) in [5.74, 6) is 2.52. The molecule has 2 N–H and O–H groups in total. The van der Waals surface area contributed by atoms with E-state index < -0.39 is 0 Å². The first-order valence-corrected chi connectivity index (χ1v) is 8.71. The van der Waals surface area contributed by atoms with Gasteiger partial charge < -0.3 is 15.2 Å². The number of anilines is 2. The molecule has 24 heavy (non-hydrogen) atoms. The average Bonchev–Trinajstić information content (AvgIpc) is 3.21. The molecule has 2 aromatic rings. The maximum Gasteiger partial charge on any atom is 0.227 e. The Kier molecular flexibility index (Phi) is 3.88. The lowest BCUT2D eigenvalue weighted by molar-refractivity contribution is 0.236. The van der Waals surface area contributed by atoms with Crippen LogP contribution in [0.25, 0.3) is 0 Å². The Bertz CT molecular complexity index is 746. The van der Waals surface area contributed by atoms with E-state index >= 15 is 0 Å². The lowest BCUT2D eigenvalue weighted by Gasteiger charge is -2.29. The van der Waals surface area contributed by atoms with Crippen LogP contribution >= 0.6 is 0 Å². The van der Waals surface area contributed by atoms with Gasteiger partial charge in [-0.25, -0.2) is 9.97 Å². The van der Waals surface area contributed by atoms with Crippen molar-refractivity contribution >= 4 is 11.8 Å². The summed E-state index contributed by atoms with van der Waals surface area (Å²) in [5, 5.41) is 0. The minimum absolute atomic E-state index is 0.665. The van der Waals surface area contributed by atoms with Crippen LogP contribution in [0, 0.1) is 6.92 Å². The summed E-state index contributed by atoms with van der Waals surface area (Å²) in [6, 6.07) is 0. The molecule has 0 aromatic carbocycles. The topological polar surface area (TPSA) is 76.1 Å². The van der Waals surface area contributed by atoms with Gasteiger partial charge in [0.05, 0.1) is 11.4 Å². The zero-order valence-electron chi connectivity index (χ0n) is 14.5. The summed E-state index contributed by atoms with van der Waals surface area (Å²) in [7, 11) is 2.07. The van der Waals surface area contributed by atoms with Crippen molar-refractivity contribution in [2.45, 2.75) is 39.3 Å². The number of aryl methyl sites for hydroxylation is 1. The van der Waals surface area contributed by atoms with E-state index in [1.54, 1.807) is 0 Å². The Hall–Kier alpha value is -2.15. The first-order valence-electron chi connectivity index (χ1n) is 8.71. The van der Waals surface area contributed by atoms with Crippen LogP contribution in [0.5, 0.6) is 0 Å². The van der Waals surface area contributed by atoms with Gasteiger partial charge in [-0.3, -0.25) is 4.90 Å². The Balaban J connectivity index is 1.56. The van der Waals surface area contributed by atoms with E-state index in [1.165, 1.54) is 18.5 Å². The molecule has 7 nitrogen and oxygen atoms in total. The maximum absolute atomic E-state index is 6.22. The van der Waals surface area contributed by atoms with Crippen molar-refractivity contribution in [2.24, 2.45) is 7.05 Å². The Morgan fingerprint density at radius 1 is 1.17 bits per heavy atom. The number of hydrogen-bond acceptors (Lipinski definition) is 6. The van der Waals surface area contributed by atoms with Gasteiger partial charge in [-0.15, -0.1) is 0 Å². The highest BCUT2D eigenvalue weighted by atomic mass is 15.3. The van der Waals surface area contributed by atoms with Gasteiger partial charge in [0.2, 0.25) is 5.95 Å². The maximum atomic E-state index is 6.22. The Labute approximate surface area is 142 Å². The molecule has 0 aliphatic carbocycles. The van der Waals surface area contributed by atoms with Crippen LogP contribution in [0.1, 0.15) is 35.6 Å². The summed E-state index contributed by atoms with van der Waals surface area (Å²) in [5.41, 5.74) is 9.69. The standard InChI is InChI=1S/C17H25N7/c1-12-19-9-13(22(12)2)10-23-8-5-14-15(11-23)20-17(21-16(14)18)24-6-3-4-7-24/h9H,3-8,10-11H2,1-2H3,(H2,18,20,21). The van der Waals surface area contributed by atoms with Gasteiger partial charge in [-0.1, -0.05) is 0 Å². The fourth-order valence-corrected chi connectivity index (χ4v) is 3.62. The van der Waals surface area contributed by atoms with Crippen molar-refractivity contribution in [1.82, 2.24) is 24.4 Å². The molecule has 0 saturated carbocycles. The number of hydrogen-bond donors (Lipinski definition) is 1. The number of aromatic nitrogens is 4.